The molecule has 0 amide bonds. The first-order chi connectivity index (χ1) is 15.8. The van der Waals surface area contributed by atoms with Gasteiger partial charge in [0.05, 0.1) is 23.2 Å². The molecule has 0 fully saturated rings. The smallest absolute Gasteiger partial charge is 0.162 e. The summed E-state index contributed by atoms with van der Waals surface area (Å²) in [7, 11) is 0. The number of carbonyl (C=O) groups excluding carboxylic acids is 1. The molecule has 0 bridgehead atoms. The van der Waals surface area contributed by atoms with Gasteiger partial charge in [-0.2, -0.15) is 5.26 Å². The van der Waals surface area contributed by atoms with Crippen molar-refractivity contribution in [2.75, 3.05) is 4.90 Å². The predicted molar refractivity (Wildman–Crippen MR) is 136 cm³/mol. The van der Waals surface area contributed by atoms with Crippen LogP contribution >= 0.6 is 11.3 Å². The molecule has 1 unspecified atom stereocenters. The first-order valence-electron chi connectivity index (χ1n) is 11.9. The second-order valence-electron chi connectivity index (χ2n) is 9.87. The molecule has 1 atom stereocenters. The zero-order valence-electron chi connectivity index (χ0n) is 20.1. The molecule has 2 N–H and O–H groups in total. The summed E-state index contributed by atoms with van der Waals surface area (Å²) in [6.45, 7) is 8.59. The minimum Gasteiger partial charge on any atom is -0.384 e. The number of Topliss-reactive ketones (excluding diaryl/α,β-unsaturated/α-hetero) is 1. The summed E-state index contributed by atoms with van der Waals surface area (Å²) in [5.41, 5.74) is 10.9. The number of hydrogen-bond acceptors (Lipinski definition) is 5. The standard InChI is InChI=1S/C28H33N3OS/c1-5-7-11-19-13-14-24(33-19)25-20(17-29)27(30)31(21-12-9-8-10-18(21)6-2)22-15-28(3,4)16-23(32)26(22)25/h8-10,12-14,25H,5-7,11,15-16,30H2,1-4H3. The Morgan fingerprint density at radius 2 is 1.94 bits per heavy atom. The van der Waals surface area contributed by atoms with Gasteiger partial charge in [0.15, 0.2) is 5.78 Å². The van der Waals surface area contributed by atoms with Gasteiger partial charge >= 0.3 is 0 Å². The van der Waals surface area contributed by atoms with Crippen LogP contribution in [0.4, 0.5) is 5.69 Å². The number of unbranched alkanes of at least 4 members (excludes halogenated alkanes) is 1. The van der Waals surface area contributed by atoms with Gasteiger partial charge in [-0.1, -0.05) is 52.3 Å². The van der Waals surface area contributed by atoms with Gasteiger partial charge in [-0.3, -0.25) is 9.69 Å². The third kappa shape index (κ3) is 4.25. The molecule has 4 rings (SSSR count). The van der Waals surface area contributed by atoms with Crippen LogP contribution in [0.1, 0.15) is 74.6 Å². The quantitative estimate of drug-likeness (QED) is 0.529. The lowest BCUT2D eigenvalue weighted by atomic mass is 9.69. The third-order valence-electron chi connectivity index (χ3n) is 6.74. The largest absolute Gasteiger partial charge is 0.384 e. The summed E-state index contributed by atoms with van der Waals surface area (Å²) in [6.07, 6.45) is 5.38. The number of ketones is 1. The molecule has 2 heterocycles. The molecular weight excluding hydrogens is 426 g/mol. The van der Waals surface area contributed by atoms with Crippen LogP contribution in [0.15, 0.2) is 59.1 Å². The van der Waals surface area contributed by atoms with E-state index < -0.39 is 0 Å². The minimum atomic E-state index is -0.376. The topological polar surface area (TPSA) is 70.1 Å². The van der Waals surface area contributed by atoms with Crippen molar-refractivity contribution >= 4 is 22.8 Å². The molecule has 1 aromatic carbocycles. The molecular formula is C28H33N3OS. The highest BCUT2D eigenvalue weighted by Gasteiger charge is 2.45. The Morgan fingerprint density at radius 3 is 2.64 bits per heavy atom. The van der Waals surface area contributed by atoms with E-state index in [0.717, 1.165) is 59.5 Å². The molecule has 0 radical (unpaired) electrons. The number of hydrogen-bond donors (Lipinski definition) is 1. The lowest BCUT2D eigenvalue weighted by Gasteiger charge is -2.44. The highest BCUT2D eigenvalue weighted by molar-refractivity contribution is 7.12. The van der Waals surface area contributed by atoms with Gasteiger partial charge in [-0.05, 0) is 54.9 Å². The van der Waals surface area contributed by atoms with E-state index in [4.69, 9.17) is 5.73 Å². The van der Waals surface area contributed by atoms with Crippen molar-refractivity contribution in [2.24, 2.45) is 11.1 Å². The maximum atomic E-state index is 13.7. The summed E-state index contributed by atoms with van der Waals surface area (Å²) in [4.78, 5) is 18.0. The lowest BCUT2D eigenvalue weighted by molar-refractivity contribution is -0.118. The molecule has 1 aliphatic carbocycles. The van der Waals surface area contributed by atoms with Crippen molar-refractivity contribution in [1.82, 2.24) is 0 Å². The van der Waals surface area contributed by atoms with E-state index in [-0.39, 0.29) is 17.1 Å². The average Bonchev–Trinajstić information content (AvgIpc) is 3.25. The molecule has 5 heteroatoms. The zero-order chi connectivity index (χ0) is 23.8. The van der Waals surface area contributed by atoms with Crippen molar-refractivity contribution < 1.29 is 4.79 Å². The van der Waals surface area contributed by atoms with E-state index in [0.29, 0.717) is 17.8 Å². The fraction of sp³-hybridized carbons (Fsp3) is 0.429. The molecule has 2 aromatic rings. The van der Waals surface area contributed by atoms with E-state index in [1.165, 1.54) is 4.88 Å². The number of carbonyl (C=O) groups is 1. The molecule has 172 valence electrons. The first kappa shape index (κ1) is 23.3. The molecule has 1 aliphatic heterocycles. The highest BCUT2D eigenvalue weighted by atomic mass is 32.1. The van der Waals surface area contributed by atoms with Crippen LogP contribution in [0, 0.1) is 16.7 Å². The number of aryl methyl sites for hydroxylation is 2. The second kappa shape index (κ2) is 9.19. The average molecular weight is 460 g/mol. The number of nitrogens with two attached hydrogens (primary N) is 1. The van der Waals surface area contributed by atoms with E-state index in [1.807, 2.05) is 23.1 Å². The monoisotopic (exact) mass is 459 g/mol. The number of benzene rings is 1. The lowest BCUT2D eigenvalue weighted by Crippen LogP contribution is -2.42. The maximum Gasteiger partial charge on any atom is 0.162 e. The zero-order valence-corrected chi connectivity index (χ0v) is 20.9. The Kier molecular flexibility index (Phi) is 6.50. The fourth-order valence-corrected chi connectivity index (χ4v) is 6.31. The van der Waals surface area contributed by atoms with Crippen LogP contribution in [0.2, 0.25) is 0 Å². The van der Waals surface area contributed by atoms with Crippen LogP contribution in [-0.4, -0.2) is 5.78 Å². The van der Waals surface area contributed by atoms with Gasteiger partial charge in [0.2, 0.25) is 0 Å². The predicted octanol–water partition coefficient (Wildman–Crippen LogP) is 6.59. The van der Waals surface area contributed by atoms with E-state index in [9.17, 15) is 10.1 Å². The van der Waals surface area contributed by atoms with Gasteiger partial charge in [0, 0.05) is 27.4 Å². The van der Waals surface area contributed by atoms with Crippen molar-refractivity contribution in [3.05, 3.63) is 74.4 Å². The third-order valence-corrected chi connectivity index (χ3v) is 7.95. The summed E-state index contributed by atoms with van der Waals surface area (Å²) < 4.78 is 0. The molecule has 33 heavy (non-hydrogen) atoms. The first-order valence-corrected chi connectivity index (χ1v) is 12.8. The van der Waals surface area contributed by atoms with Gasteiger partial charge < -0.3 is 5.73 Å². The van der Waals surface area contributed by atoms with Crippen molar-refractivity contribution in [2.45, 2.75) is 72.1 Å². The molecule has 0 saturated carbocycles. The van der Waals surface area contributed by atoms with E-state index in [2.05, 4.69) is 52.0 Å². The van der Waals surface area contributed by atoms with Crippen LogP contribution in [0.25, 0.3) is 0 Å². The number of nitrogens with zero attached hydrogens (tertiary/aromatic N) is 2. The molecule has 0 spiro atoms. The van der Waals surface area contributed by atoms with Crippen LogP contribution in [0.3, 0.4) is 0 Å². The number of rotatable bonds is 6. The maximum absolute atomic E-state index is 13.7. The van der Waals surface area contributed by atoms with Gasteiger partial charge in [0.25, 0.3) is 0 Å². The Hall–Kier alpha value is -2.84. The van der Waals surface area contributed by atoms with Gasteiger partial charge in [0.1, 0.15) is 5.82 Å². The summed E-state index contributed by atoms with van der Waals surface area (Å²) in [6, 6.07) is 14.8. The number of para-hydroxylation sites is 1. The Balaban J connectivity index is 1.93. The number of nitriles is 1. The van der Waals surface area contributed by atoms with Crippen LogP contribution < -0.4 is 10.6 Å². The van der Waals surface area contributed by atoms with Crippen molar-refractivity contribution in [3.63, 3.8) is 0 Å². The van der Waals surface area contributed by atoms with Gasteiger partial charge in [-0.25, -0.2) is 0 Å². The number of thiophene rings is 1. The number of allylic oxidation sites excluding steroid dienone is 3. The summed E-state index contributed by atoms with van der Waals surface area (Å²) >= 11 is 1.72. The summed E-state index contributed by atoms with van der Waals surface area (Å²) in [5.74, 6) is 0.212. The molecule has 4 nitrogen and oxygen atoms in total. The van der Waals surface area contributed by atoms with Crippen LogP contribution in [-0.2, 0) is 17.6 Å². The Labute approximate surface area is 201 Å². The van der Waals surface area contributed by atoms with E-state index in [1.54, 1.807) is 11.3 Å². The van der Waals surface area contributed by atoms with Crippen molar-refractivity contribution in [1.29, 1.82) is 5.26 Å². The van der Waals surface area contributed by atoms with E-state index >= 15 is 0 Å². The Bertz CT molecular complexity index is 1180. The summed E-state index contributed by atoms with van der Waals surface area (Å²) in [5, 5.41) is 10.3. The second-order valence-corrected chi connectivity index (χ2v) is 11.1. The molecule has 2 aliphatic rings. The highest BCUT2D eigenvalue weighted by Crippen LogP contribution is 2.51. The Morgan fingerprint density at radius 1 is 1.18 bits per heavy atom. The van der Waals surface area contributed by atoms with Gasteiger partial charge in [-0.15, -0.1) is 11.3 Å². The van der Waals surface area contributed by atoms with Crippen LogP contribution in [0.5, 0.6) is 0 Å². The number of anilines is 1. The molecule has 1 aromatic heterocycles. The molecule has 0 saturated heterocycles. The minimum absolute atomic E-state index is 0.133. The van der Waals surface area contributed by atoms with Crippen molar-refractivity contribution in [3.8, 4) is 6.07 Å². The fourth-order valence-electron chi connectivity index (χ4n) is 5.13. The normalized spacial score (nSPS) is 20.2. The SMILES string of the molecule is CCCCc1ccc(C2C(C#N)=C(N)N(c3ccccc3CC)C3=C2C(=O)CC(C)(C)C3)s1.